The molecule has 0 aromatic heterocycles. The molecule has 0 fully saturated rings. The van der Waals surface area contributed by atoms with Gasteiger partial charge < -0.3 is 4.74 Å². The van der Waals surface area contributed by atoms with Crippen LogP contribution in [-0.2, 0) is 26.7 Å². The van der Waals surface area contributed by atoms with Crippen LogP contribution in [0, 0.1) is 0 Å². The molecule has 0 saturated heterocycles. The summed E-state index contributed by atoms with van der Waals surface area (Å²) < 4.78 is 70.1. The first-order valence-electron chi connectivity index (χ1n) is 6.59. The van der Waals surface area contributed by atoms with E-state index in [-0.39, 0.29) is 17.9 Å². The van der Waals surface area contributed by atoms with Gasteiger partial charge in [0.1, 0.15) is 15.5 Å². The van der Waals surface area contributed by atoms with E-state index in [1.807, 2.05) is 0 Å². The summed E-state index contributed by atoms with van der Waals surface area (Å²) in [5.74, 6) is -0.516. The Morgan fingerprint density at radius 3 is 2.08 bits per heavy atom. The summed E-state index contributed by atoms with van der Waals surface area (Å²) in [5, 5.41) is 0. The van der Waals surface area contributed by atoms with Gasteiger partial charge in [-0.15, -0.1) is 6.58 Å². The van der Waals surface area contributed by atoms with Crippen molar-refractivity contribution in [1.82, 2.24) is 0 Å². The summed E-state index contributed by atoms with van der Waals surface area (Å²) >= 11 is 0. The van der Waals surface area contributed by atoms with Gasteiger partial charge in [0.05, 0.1) is 0 Å². The highest BCUT2D eigenvalue weighted by molar-refractivity contribution is 7.86. The molecule has 9 heteroatoms. The Labute approximate surface area is 139 Å². The normalized spacial score (nSPS) is 11.9. The summed E-state index contributed by atoms with van der Waals surface area (Å²) in [5.41, 5.74) is 0.366. The molecule has 0 bridgehead atoms. The van der Waals surface area contributed by atoms with Crippen molar-refractivity contribution in [3.8, 4) is 11.5 Å². The van der Waals surface area contributed by atoms with Crippen LogP contribution in [0.25, 0.3) is 0 Å². The lowest BCUT2D eigenvalue weighted by Crippen LogP contribution is -2.06. The van der Waals surface area contributed by atoms with Gasteiger partial charge in [0.2, 0.25) is 0 Å². The van der Waals surface area contributed by atoms with Crippen LogP contribution >= 0.6 is 0 Å². The largest absolute Gasteiger partial charge is 0.454 e. The second kappa shape index (κ2) is 6.73. The number of benzene rings is 2. The molecule has 128 valence electrons. The third-order valence-corrected chi connectivity index (χ3v) is 4.81. The Balaban J connectivity index is 2.68. The van der Waals surface area contributed by atoms with Crippen LogP contribution in [0.4, 0.5) is 0 Å². The van der Waals surface area contributed by atoms with Crippen LogP contribution in [0.15, 0.2) is 64.9 Å². The summed E-state index contributed by atoms with van der Waals surface area (Å²) in [7, 11) is -9.20. The molecule has 0 radical (unpaired) electrons. The summed E-state index contributed by atoms with van der Waals surface area (Å²) in [4.78, 5) is -1.05. The molecule has 2 rings (SSSR count). The van der Waals surface area contributed by atoms with E-state index in [2.05, 4.69) is 6.58 Å². The summed E-state index contributed by atoms with van der Waals surface area (Å²) in [6.07, 6.45) is 1.71. The van der Waals surface area contributed by atoms with Crippen LogP contribution < -0.4 is 4.74 Å². The Morgan fingerprint density at radius 1 is 0.917 bits per heavy atom. The SMILES string of the molecule is C=CCc1cccc(S(=O)(=O)O)c1Oc1ccccc1S(=O)(=O)O. The number of hydrogen-bond donors (Lipinski definition) is 2. The predicted molar refractivity (Wildman–Crippen MR) is 86.5 cm³/mol. The molecule has 2 aromatic carbocycles. The van der Waals surface area contributed by atoms with Crippen LogP contribution in [0.2, 0.25) is 0 Å². The third-order valence-electron chi connectivity index (χ3n) is 3.04. The van der Waals surface area contributed by atoms with Crippen molar-refractivity contribution < 1.29 is 30.7 Å². The quantitative estimate of drug-likeness (QED) is 0.593. The Morgan fingerprint density at radius 2 is 1.50 bits per heavy atom. The topological polar surface area (TPSA) is 118 Å². The van der Waals surface area contributed by atoms with Gasteiger partial charge in [-0.3, -0.25) is 9.11 Å². The minimum Gasteiger partial charge on any atom is -0.454 e. The number of ether oxygens (including phenoxy) is 1. The molecule has 0 aliphatic carbocycles. The standard InChI is InChI=1S/C15H14O7S2/c1-2-6-11-7-5-10-14(24(19,20)21)15(11)22-12-8-3-4-9-13(12)23(16,17)18/h2-5,7-10H,1,6H2,(H,16,17,18)(H,19,20,21). The van der Waals surface area contributed by atoms with E-state index >= 15 is 0 Å². The smallest absolute Gasteiger partial charge is 0.298 e. The van der Waals surface area contributed by atoms with Crippen molar-refractivity contribution in [1.29, 1.82) is 0 Å². The fraction of sp³-hybridized carbons (Fsp3) is 0.0667. The minimum absolute atomic E-state index is 0.215. The fourth-order valence-corrected chi connectivity index (χ4v) is 3.33. The van der Waals surface area contributed by atoms with Gasteiger partial charge in [-0.2, -0.15) is 16.8 Å². The number of para-hydroxylation sites is 2. The molecule has 0 atom stereocenters. The number of allylic oxidation sites excluding steroid dienone is 1. The fourth-order valence-electron chi connectivity index (χ4n) is 2.05. The molecule has 0 saturated carbocycles. The van der Waals surface area contributed by atoms with Gasteiger partial charge in [0.25, 0.3) is 20.2 Å². The van der Waals surface area contributed by atoms with Gasteiger partial charge in [-0.25, -0.2) is 0 Å². The predicted octanol–water partition coefficient (Wildman–Crippen LogP) is 2.70. The van der Waals surface area contributed by atoms with Crippen LogP contribution in [0.3, 0.4) is 0 Å². The number of hydrogen-bond acceptors (Lipinski definition) is 5. The molecular weight excluding hydrogens is 356 g/mol. The summed E-state index contributed by atoms with van der Waals surface area (Å²) in [6.45, 7) is 3.55. The second-order valence-corrected chi connectivity index (χ2v) is 7.52. The first-order valence-corrected chi connectivity index (χ1v) is 9.47. The molecule has 0 amide bonds. The maximum Gasteiger partial charge on any atom is 0.298 e. The molecule has 0 spiro atoms. The lowest BCUT2D eigenvalue weighted by molar-refractivity contribution is 0.431. The van der Waals surface area contributed by atoms with Crippen molar-refractivity contribution >= 4 is 20.2 Å². The monoisotopic (exact) mass is 370 g/mol. The molecular formula is C15H14O7S2. The first-order chi connectivity index (χ1) is 11.1. The Hall–Kier alpha value is -2.20. The van der Waals surface area contributed by atoms with Gasteiger partial charge >= 0.3 is 0 Å². The highest BCUT2D eigenvalue weighted by Crippen LogP contribution is 2.35. The highest BCUT2D eigenvalue weighted by atomic mass is 32.2. The average molecular weight is 370 g/mol. The Kier molecular flexibility index (Phi) is 5.09. The van der Waals surface area contributed by atoms with E-state index < -0.39 is 30.0 Å². The van der Waals surface area contributed by atoms with Gasteiger partial charge in [0, 0.05) is 0 Å². The van der Waals surface area contributed by atoms with Gasteiger partial charge in [-0.1, -0.05) is 30.3 Å². The van der Waals surface area contributed by atoms with E-state index in [1.54, 1.807) is 6.07 Å². The van der Waals surface area contributed by atoms with E-state index in [0.717, 1.165) is 12.1 Å². The van der Waals surface area contributed by atoms with Crippen LogP contribution in [0.1, 0.15) is 5.56 Å². The average Bonchev–Trinajstić information content (AvgIpc) is 2.47. The maximum atomic E-state index is 11.6. The second-order valence-electron chi connectivity index (χ2n) is 4.74. The molecule has 0 unspecified atom stereocenters. The molecule has 0 aliphatic heterocycles. The lowest BCUT2D eigenvalue weighted by Gasteiger charge is -2.15. The zero-order chi connectivity index (χ0) is 18.0. The van der Waals surface area contributed by atoms with Crippen molar-refractivity contribution in [2.45, 2.75) is 16.2 Å². The lowest BCUT2D eigenvalue weighted by atomic mass is 10.1. The van der Waals surface area contributed by atoms with E-state index in [4.69, 9.17) is 4.74 Å². The summed E-state index contributed by atoms with van der Waals surface area (Å²) in [6, 6.07) is 9.25. The number of rotatable bonds is 6. The molecule has 0 heterocycles. The zero-order valence-corrected chi connectivity index (χ0v) is 13.9. The van der Waals surface area contributed by atoms with Gasteiger partial charge in [0.15, 0.2) is 5.75 Å². The maximum absolute atomic E-state index is 11.6. The van der Waals surface area contributed by atoms with Crippen molar-refractivity contribution in [3.63, 3.8) is 0 Å². The van der Waals surface area contributed by atoms with Crippen LogP contribution in [0.5, 0.6) is 11.5 Å². The van der Waals surface area contributed by atoms with Crippen molar-refractivity contribution in [3.05, 3.63) is 60.7 Å². The van der Waals surface area contributed by atoms with Crippen molar-refractivity contribution in [2.24, 2.45) is 0 Å². The minimum atomic E-state index is -4.61. The van der Waals surface area contributed by atoms with Crippen molar-refractivity contribution in [2.75, 3.05) is 0 Å². The molecule has 2 N–H and O–H groups in total. The van der Waals surface area contributed by atoms with E-state index in [0.29, 0.717) is 5.56 Å². The van der Waals surface area contributed by atoms with E-state index in [9.17, 15) is 25.9 Å². The zero-order valence-electron chi connectivity index (χ0n) is 12.3. The molecule has 7 nitrogen and oxygen atoms in total. The molecule has 24 heavy (non-hydrogen) atoms. The molecule has 2 aromatic rings. The highest BCUT2D eigenvalue weighted by Gasteiger charge is 2.23. The Bertz CT molecular complexity index is 977. The third kappa shape index (κ3) is 4.01. The van der Waals surface area contributed by atoms with E-state index in [1.165, 1.54) is 30.3 Å². The first kappa shape index (κ1) is 18.1. The van der Waals surface area contributed by atoms with Crippen LogP contribution in [-0.4, -0.2) is 25.9 Å². The van der Waals surface area contributed by atoms with Gasteiger partial charge in [-0.05, 0) is 30.2 Å². The molecule has 0 aliphatic rings.